The van der Waals surface area contributed by atoms with Crippen molar-refractivity contribution in [3.63, 3.8) is 0 Å². The molecule has 326 valence electrons. The van der Waals surface area contributed by atoms with Gasteiger partial charge in [0.05, 0.1) is 6.61 Å². The van der Waals surface area contributed by atoms with Crippen LogP contribution in [0.4, 0.5) is 0 Å². The lowest BCUT2D eigenvalue weighted by Gasteiger charge is -2.22. The van der Waals surface area contributed by atoms with Gasteiger partial charge in [-0.3, -0.25) is 15.4 Å². The second-order valence-electron chi connectivity index (χ2n) is 16.3. The number of carbonyl (C=O) groups excluding carboxylic acids is 2. The topological polar surface area (TPSA) is 106 Å². The molecule has 0 radical (unpaired) electrons. The standard InChI is InChI=1S/C47H94N4O4/c1-4-7-10-13-16-25-32-44-54-46(52)36-28-21-17-23-30-41-51(43-33-38-49-39-40-50-48)42-31-24-18-22-29-37-47(53)55-45(34-26-19-14-11-8-5-2)35-27-20-15-12-9-6-3/h39-40,45,49-50H,4-38,41-44,48H2,1-3H3/b40-39-. The summed E-state index contributed by atoms with van der Waals surface area (Å²) >= 11 is 0. The first kappa shape index (κ1) is 53.2. The van der Waals surface area contributed by atoms with Crippen molar-refractivity contribution in [2.75, 3.05) is 32.8 Å². The van der Waals surface area contributed by atoms with E-state index in [0.717, 1.165) is 77.5 Å². The van der Waals surface area contributed by atoms with Crippen LogP contribution in [0.2, 0.25) is 0 Å². The van der Waals surface area contributed by atoms with E-state index >= 15 is 0 Å². The molecule has 0 saturated carbocycles. The highest BCUT2D eigenvalue weighted by atomic mass is 16.5. The lowest BCUT2D eigenvalue weighted by Crippen LogP contribution is -2.29. The van der Waals surface area contributed by atoms with Crippen LogP contribution < -0.4 is 16.6 Å². The smallest absolute Gasteiger partial charge is 0.306 e. The Morgan fingerprint density at radius 3 is 1.44 bits per heavy atom. The monoisotopic (exact) mass is 779 g/mol. The summed E-state index contributed by atoms with van der Waals surface area (Å²) in [4.78, 5) is 27.5. The highest BCUT2D eigenvalue weighted by Crippen LogP contribution is 2.18. The molecule has 0 heterocycles. The molecule has 0 bridgehead atoms. The third-order valence-corrected chi connectivity index (χ3v) is 10.9. The molecule has 0 aromatic rings. The van der Waals surface area contributed by atoms with Crippen LogP contribution in [0.5, 0.6) is 0 Å². The number of unbranched alkanes of at least 4 members (excludes halogenated alkanes) is 24. The van der Waals surface area contributed by atoms with Crippen LogP contribution >= 0.6 is 0 Å². The van der Waals surface area contributed by atoms with Gasteiger partial charge in [-0.25, -0.2) is 0 Å². The zero-order valence-electron chi connectivity index (χ0n) is 37.0. The number of hydrazine groups is 1. The fourth-order valence-electron chi connectivity index (χ4n) is 7.33. The SMILES string of the molecule is CCCCCCCCCOC(=O)CCCCCCCN(CCCCCCCC(=O)OC(CCCCCCCC)CCCCCCCC)CCCN/C=C\NN. The van der Waals surface area contributed by atoms with E-state index in [1.807, 2.05) is 6.20 Å². The van der Waals surface area contributed by atoms with Crippen molar-refractivity contribution in [2.45, 2.75) is 245 Å². The number of carbonyl (C=O) groups is 2. The third-order valence-electron chi connectivity index (χ3n) is 10.9. The van der Waals surface area contributed by atoms with Crippen LogP contribution in [-0.4, -0.2) is 55.7 Å². The van der Waals surface area contributed by atoms with Crippen molar-refractivity contribution in [1.29, 1.82) is 0 Å². The maximum Gasteiger partial charge on any atom is 0.306 e. The van der Waals surface area contributed by atoms with Gasteiger partial charge in [0.25, 0.3) is 0 Å². The van der Waals surface area contributed by atoms with Crippen molar-refractivity contribution in [2.24, 2.45) is 5.84 Å². The van der Waals surface area contributed by atoms with E-state index in [-0.39, 0.29) is 18.0 Å². The number of hydrogen-bond donors (Lipinski definition) is 3. The normalized spacial score (nSPS) is 11.6. The van der Waals surface area contributed by atoms with Crippen molar-refractivity contribution < 1.29 is 19.1 Å². The fourth-order valence-corrected chi connectivity index (χ4v) is 7.33. The number of ether oxygens (including phenoxy) is 2. The van der Waals surface area contributed by atoms with Gasteiger partial charge in [-0.05, 0) is 83.8 Å². The third kappa shape index (κ3) is 41.6. The first-order valence-corrected chi connectivity index (χ1v) is 24.0. The summed E-state index contributed by atoms with van der Waals surface area (Å²) in [5, 5.41) is 3.29. The van der Waals surface area contributed by atoms with E-state index in [4.69, 9.17) is 15.3 Å². The Kier molecular flexibility index (Phi) is 43.4. The number of nitrogens with zero attached hydrogens (tertiary/aromatic N) is 1. The maximum atomic E-state index is 12.8. The molecule has 8 heteroatoms. The summed E-state index contributed by atoms with van der Waals surface area (Å²) in [6.45, 7) is 11.6. The van der Waals surface area contributed by atoms with Crippen LogP contribution in [0.3, 0.4) is 0 Å². The maximum absolute atomic E-state index is 12.8. The molecule has 0 atom stereocenters. The van der Waals surface area contributed by atoms with Gasteiger partial charge in [0.15, 0.2) is 0 Å². The van der Waals surface area contributed by atoms with Gasteiger partial charge in [-0.1, -0.05) is 162 Å². The second-order valence-corrected chi connectivity index (χ2v) is 16.3. The molecule has 0 aliphatic rings. The van der Waals surface area contributed by atoms with Crippen LogP contribution in [-0.2, 0) is 19.1 Å². The first-order valence-electron chi connectivity index (χ1n) is 24.0. The fraction of sp³-hybridized carbons (Fsp3) is 0.915. The van der Waals surface area contributed by atoms with E-state index in [1.54, 1.807) is 6.20 Å². The van der Waals surface area contributed by atoms with Crippen LogP contribution in [0.15, 0.2) is 12.4 Å². The number of nitrogens with two attached hydrogens (primary N) is 1. The molecule has 0 aliphatic carbocycles. The average Bonchev–Trinajstić information content (AvgIpc) is 3.18. The molecule has 0 unspecified atom stereocenters. The van der Waals surface area contributed by atoms with Crippen LogP contribution in [0.25, 0.3) is 0 Å². The molecular formula is C47H94N4O4. The summed E-state index contributed by atoms with van der Waals surface area (Å²) in [7, 11) is 0. The minimum absolute atomic E-state index is 0.0194. The molecule has 8 nitrogen and oxygen atoms in total. The highest BCUT2D eigenvalue weighted by Gasteiger charge is 2.14. The van der Waals surface area contributed by atoms with Gasteiger partial charge in [0, 0.05) is 31.8 Å². The number of hydrogen-bond acceptors (Lipinski definition) is 8. The summed E-state index contributed by atoms with van der Waals surface area (Å²) in [6, 6.07) is 0. The Bertz CT molecular complexity index is 811. The molecule has 0 saturated heterocycles. The quantitative estimate of drug-likeness (QED) is 0.0243. The minimum Gasteiger partial charge on any atom is -0.466 e. The predicted molar refractivity (Wildman–Crippen MR) is 236 cm³/mol. The summed E-state index contributed by atoms with van der Waals surface area (Å²) in [5.41, 5.74) is 2.53. The molecule has 4 N–H and O–H groups in total. The largest absolute Gasteiger partial charge is 0.466 e. The summed E-state index contributed by atoms with van der Waals surface area (Å²) in [5.74, 6) is 5.32. The van der Waals surface area contributed by atoms with E-state index in [0.29, 0.717) is 19.4 Å². The average molecular weight is 779 g/mol. The van der Waals surface area contributed by atoms with E-state index in [1.165, 1.54) is 154 Å². The number of rotatable bonds is 45. The van der Waals surface area contributed by atoms with E-state index in [9.17, 15) is 9.59 Å². The predicted octanol–water partition coefficient (Wildman–Crippen LogP) is 12.6. The number of esters is 2. The van der Waals surface area contributed by atoms with Crippen molar-refractivity contribution in [1.82, 2.24) is 15.6 Å². The van der Waals surface area contributed by atoms with Gasteiger partial charge < -0.3 is 25.1 Å². The molecule has 0 aromatic carbocycles. The summed E-state index contributed by atoms with van der Waals surface area (Å²) < 4.78 is 11.5. The van der Waals surface area contributed by atoms with Gasteiger partial charge in [-0.15, -0.1) is 0 Å². The minimum atomic E-state index is -0.0194. The van der Waals surface area contributed by atoms with E-state index in [2.05, 4.69) is 36.4 Å². The molecule has 55 heavy (non-hydrogen) atoms. The lowest BCUT2D eigenvalue weighted by atomic mass is 10.0. The summed E-state index contributed by atoms with van der Waals surface area (Å²) in [6.07, 6.45) is 43.4. The molecule has 0 aromatic heterocycles. The molecule has 0 aliphatic heterocycles. The Hall–Kier alpha value is -1.80. The zero-order valence-corrected chi connectivity index (χ0v) is 37.0. The van der Waals surface area contributed by atoms with Crippen LogP contribution in [0, 0.1) is 0 Å². The molecule has 0 fully saturated rings. The van der Waals surface area contributed by atoms with Crippen LogP contribution in [0.1, 0.15) is 239 Å². The van der Waals surface area contributed by atoms with Crippen molar-refractivity contribution in [3.05, 3.63) is 12.4 Å². The Morgan fingerprint density at radius 2 is 0.927 bits per heavy atom. The van der Waals surface area contributed by atoms with Gasteiger partial charge in [0.2, 0.25) is 0 Å². The molecule has 0 spiro atoms. The lowest BCUT2D eigenvalue weighted by molar-refractivity contribution is -0.150. The van der Waals surface area contributed by atoms with E-state index < -0.39 is 0 Å². The zero-order chi connectivity index (χ0) is 40.1. The molecule has 0 rings (SSSR count). The van der Waals surface area contributed by atoms with Crippen molar-refractivity contribution in [3.8, 4) is 0 Å². The van der Waals surface area contributed by atoms with Crippen molar-refractivity contribution >= 4 is 11.9 Å². The Balaban J connectivity index is 4.28. The van der Waals surface area contributed by atoms with Gasteiger partial charge >= 0.3 is 11.9 Å². The Labute approximate surface area is 342 Å². The highest BCUT2D eigenvalue weighted by molar-refractivity contribution is 5.69. The first-order chi connectivity index (χ1) is 27.1. The molecule has 0 amide bonds. The van der Waals surface area contributed by atoms with Gasteiger partial charge in [-0.2, -0.15) is 0 Å². The number of nitrogens with one attached hydrogen (secondary N) is 2. The Morgan fingerprint density at radius 1 is 0.509 bits per heavy atom. The second kappa shape index (κ2) is 44.9. The molecular weight excluding hydrogens is 685 g/mol. The van der Waals surface area contributed by atoms with Gasteiger partial charge in [0.1, 0.15) is 6.10 Å².